The molecule has 1 aliphatic heterocycles. The second kappa shape index (κ2) is 11.9. The largest absolute Gasteiger partial charge is 0.408 e. The number of rotatable bonds is 10. The summed E-state index contributed by atoms with van der Waals surface area (Å²) in [4.78, 5) is 40.3. The molecule has 2 aromatic rings. The van der Waals surface area contributed by atoms with E-state index in [-0.39, 0.29) is 35.0 Å². The van der Waals surface area contributed by atoms with Crippen LogP contribution in [0.5, 0.6) is 0 Å². The maximum absolute atomic E-state index is 15.3. The Hall–Kier alpha value is -3.51. The van der Waals surface area contributed by atoms with E-state index in [4.69, 9.17) is 0 Å². The number of anilines is 1. The van der Waals surface area contributed by atoms with Crippen LogP contribution in [-0.2, 0) is 9.59 Å². The van der Waals surface area contributed by atoms with E-state index in [1.54, 1.807) is 10.7 Å². The minimum atomic E-state index is -4.78. The van der Waals surface area contributed by atoms with Gasteiger partial charge >= 0.3 is 6.18 Å². The first-order valence-corrected chi connectivity index (χ1v) is 14.7. The molecule has 2 saturated carbocycles. The van der Waals surface area contributed by atoms with Crippen molar-refractivity contribution in [3.63, 3.8) is 0 Å². The van der Waals surface area contributed by atoms with Crippen LogP contribution in [0.4, 0.5) is 27.6 Å². The number of halogens is 5. The zero-order valence-corrected chi connectivity index (χ0v) is 24.2. The third-order valence-corrected chi connectivity index (χ3v) is 8.71. The monoisotopic (exact) mass is 609 g/mol. The van der Waals surface area contributed by atoms with Crippen LogP contribution < -0.4 is 10.6 Å². The molecule has 0 unspecified atom stereocenters. The van der Waals surface area contributed by atoms with E-state index in [1.165, 1.54) is 25.3 Å². The van der Waals surface area contributed by atoms with Gasteiger partial charge in [-0.15, -0.1) is 0 Å². The molecule has 1 aromatic carbocycles. The predicted octanol–water partition coefficient (Wildman–Crippen LogP) is 5.38. The van der Waals surface area contributed by atoms with Crippen LogP contribution in [0.3, 0.4) is 0 Å². The molecule has 2 heterocycles. The summed E-state index contributed by atoms with van der Waals surface area (Å²) in [7, 11) is 0. The van der Waals surface area contributed by atoms with Gasteiger partial charge in [0.05, 0.1) is 18.2 Å². The zero-order valence-electron chi connectivity index (χ0n) is 24.2. The third kappa shape index (κ3) is 6.70. The van der Waals surface area contributed by atoms with Gasteiger partial charge in [0.1, 0.15) is 29.8 Å². The van der Waals surface area contributed by atoms with Gasteiger partial charge < -0.3 is 15.5 Å². The SMILES string of the molecule is CC(C)n1nccc1C(=O)N[C@H](C(=O)Nc1ccc([C@H](C)C(=O)N2C[C@@H](F)C[C@H]2C(F)(F)F)cc1F)C(C1CC1)C1CC1. The molecule has 8 nitrogen and oxygen atoms in total. The highest BCUT2D eigenvalue weighted by atomic mass is 19.4. The molecule has 2 aliphatic carbocycles. The van der Waals surface area contributed by atoms with Crippen molar-refractivity contribution < 1.29 is 36.3 Å². The Kier molecular flexibility index (Phi) is 8.54. The molecule has 0 bridgehead atoms. The van der Waals surface area contributed by atoms with Gasteiger partial charge in [-0.2, -0.15) is 18.3 Å². The van der Waals surface area contributed by atoms with E-state index >= 15 is 4.39 Å². The minimum absolute atomic E-state index is 0.0872. The first-order chi connectivity index (χ1) is 20.3. The molecule has 3 aliphatic rings. The van der Waals surface area contributed by atoms with Crippen molar-refractivity contribution in [1.82, 2.24) is 20.0 Å². The lowest BCUT2D eigenvalue weighted by Gasteiger charge is -2.29. The number of aromatic nitrogens is 2. The molecule has 1 aromatic heterocycles. The number of hydrogen-bond acceptors (Lipinski definition) is 4. The number of carbonyl (C=O) groups is 3. The lowest BCUT2D eigenvalue weighted by molar-refractivity contribution is -0.183. The van der Waals surface area contributed by atoms with Gasteiger partial charge in [0.25, 0.3) is 5.91 Å². The summed E-state index contributed by atoms with van der Waals surface area (Å²) in [5.74, 6) is -3.64. The number of carbonyl (C=O) groups excluding carboxylic acids is 3. The zero-order chi connectivity index (χ0) is 31.2. The topological polar surface area (TPSA) is 96.3 Å². The van der Waals surface area contributed by atoms with Crippen LogP contribution in [0, 0.1) is 23.6 Å². The summed E-state index contributed by atoms with van der Waals surface area (Å²) in [6, 6.07) is 1.89. The molecule has 0 spiro atoms. The summed E-state index contributed by atoms with van der Waals surface area (Å²) in [5, 5.41) is 9.66. The number of nitrogens with one attached hydrogen (secondary N) is 2. The fourth-order valence-electron chi connectivity index (χ4n) is 6.19. The second-order valence-electron chi connectivity index (χ2n) is 12.3. The first kappa shape index (κ1) is 30.9. The van der Waals surface area contributed by atoms with Crippen LogP contribution in [0.2, 0.25) is 0 Å². The molecule has 13 heteroatoms. The Labute approximate surface area is 246 Å². The van der Waals surface area contributed by atoms with Gasteiger partial charge in [-0.25, -0.2) is 8.78 Å². The third-order valence-electron chi connectivity index (χ3n) is 8.71. The fourth-order valence-corrected chi connectivity index (χ4v) is 6.19. The Morgan fingerprint density at radius 1 is 1.02 bits per heavy atom. The van der Waals surface area contributed by atoms with Crippen molar-refractivity contribution in [2.24, 2.45) is 17.8 Å². The Morgan fingerprint density at radius 2 is 1.67 bits per heavy atom. The lowest BCUT2D eigenvalue weighted by Crippen LogP contribution is -2.50. The summed E-state index contributed by atoms with van der Waals surface area (Å²) in [5.41, 5.74) is 0.199. The number of amides is 3. The molecular formula is C30H36F5N5O3. The van der Waals surface area contributed by atoms with Crippen molar-refractivity contribution in [3.05, 3.63) is 47.5 Å². The van der Waals surface area contributed by atoms with Crippen LogP contribution in [-0.4, -0.2) is 63.4 Å². The molecule has 3 amide bonds. The summed E-state index contributed by atoms with van der Waals surface area (Å²) in [6.07, 6.45) is -2.15. The van der Waals surface area contributed by atoms with Gasteiger partial charge in [0.2, 0.25) is 11.8 Å². The van der Waals surface area contributed by atoms with Crippen molar-refractivity contribution in [3.8, 4) is 0 Å². The quantitative estimate of drug-likeness (QED) is 0.354. The number of benzene rings is 1. The van der Waals surface area contributed by atoms with Gasteiger partial charge in [-0.05, 0) is 88.0 Å². The Bertz CT molecular complexity index is 1360. The van der Waals surface area contributed by atoms with E-state index in [1.807, 2.05) is 13.8 Å². The van der Waals surface area contributed by atoms with E-state index in [0.29, 0.717) is 10.6 Å². The Balaban J connectivity index is 1.33. The summed E-state index contributed by atoms with van der Waals surface area (Å²) in [6.45, 7) is 4.41. The lowest BCUT2D eigenvalue weighted by atomic mass is 9.88. The van der Waals surface area contributed by atoms with E-state index < -0.39 is 66.9 Å². The Morgan fingerprint density at radius 3 is 2.23 bits per heavy atom. The maximum Gasteiger partial charge on any atom is 0.408 e. The highest BCUT2D eigenvalue weighted by Gasteiger charge is 2.52. The van der Waals surface area contributed by atoms with Crippen LogP contribution in [0.15, 0.2) is 30.5 Å². The summed E-state index contributed by atoms with van der Waals surface area (Å²) < 4.78 is 70.9. The molecule has 5 rings (SSSR count). The first-order valence-electron chi connectivity index (χ1n) is 14.7. The highest BCUT2D eigenvalue weighted by molar-refractivity contribution is 6.01. The molecule has 0 radical (unpaired) electrons. The van der Waals surface area contributed by atoms with Gasteiger partial charge in [-0.1, -0.05) is 6.07 Å². The smallest absolute Gasteiger partial charge is 0.339 e. The molecule has 4 atom stereocenters. The molecule has 43 heavy (non-hydrogen) atoms. The standard InChI is InChI=1S/C30H36F5N5O3/c1-15(2)40-23(10-11-36-40)27(41)38-26(25(17-4-5-17)18-6-7-18)28(42)37-22-9-8-19(12-21(22)32)16(3)29(43)39-14-20(31)13-24(39)30(33,34)35/h8-12,15-18,20,24-26H,4-7,13-14H2,1-3H3,(H,37,42)(H,38,41)/t16-,20-,24-,26-/m0/s1. The second-order valence-corrected chi connectivity index (χ2v) is 12.3. The van der Waals surface area contributed by atoms with Gasteiger partial charge in [0.15, 0.2) is 0 Å². The molecule has 234 valence electrons. The average molecular weight is 610 g/mol. The highest BCUT2D eigenvalue weighted by Crippen LogP contribution is 2.51. The molecular weight excluding hydrogens is 573 g/mol. The van der Waals surface area contributed by atoms with E-state index in [0.717, 1.165) is 31.7 Å². The number of likely N-dealkylation sites (tertiary alicyclic amines) is 1. The van der Waals surface area contributed by atoms with Crippen molar-refractivity contribution in [2.45, 2.75) is 89.3 Å². The predicted molar refractivity (Wildman–Crippen MR) is 147 cm³/mol. The van der Waals surface area contributed by atoms with Gasteiger partial charge in [0, 0.05) is 18.7 Å². The van der Waals surface area contributed by atoms with Gasteiger partial charge in [-0.3, -0.25) is 19.1 Å². The molecule has 2 N–H and O–H groups in total. The average Bonchev–Trinajstić information content (AvgIpc) is 3.87. The van der Waals surface area contributed by atoms with Crippen LogP contribution in [0.25, 0.3) is 0 Å². The van der Waals surface area contributed by atoms with Crippen molar-refractivity contribution in [1.29, 1.82) is 0 Å². The minimum Gasteiger partial charge on any atom is -0.339 e. The van der Waals surface area contributed by atoms with E-state index in [9.17, 15) is 31.9 Å². The normalized spacial score (nSPS) is 22.1. The summed E-state index contributed by atoms with van der Waals surface area (Å²) >= 11 is 0. The van der Waals surface area contributed by atoms with Crippen molar-refractivity contribution >= 4 is 23.4 Å². The molecule has 3 fully saturated rings. The fraction of sp³-hybridized carbons (Fsp3) is 0.600. The number of alkyl halides is 4. The molecule has 1 saturated heterocycles. The number of nitrogens with zero attached hydrogens (tertiary/aromatic N) is 3. The number of hydrogen-bond donors (Lipinski definition) is 2. The van der Waals surface area contributed by atoms with E-state index in [2.05, 4.69) is 15.7 Å². The van der Waals surface area contributed by atoms with Crippen molar-refractivity contribution in [2.75, 3.05) is 11.9 Å². The van der Waals surface area contributed by atoms with Crippen LogP contribution in [0.1, 0.15) is 80.9 Å². The van der Waals surface area contributed by atoms with Crippen LogP contribution >= 0.6 is 0 Å². The maximum atomic E-state index is 15.3.